The lowest BCUT2D eigenvalue weighted by Crippen LogP contribution is -2.09. The molecule has 0 fully saturated rings. The van der Waals surface area contributed by atoms with E-state index >= 15 is 0 Å². The molecule has 0 saturated carbocycles. The van der Waals surface area contributed by atoms with Gasteiger partial charge in [-0.25, -0.2) is 8.78 Å². The molecule has 0 amide bonds. The Labute approximate surface area is 75.9 Å². The highest BCUT2D eigenvalue weighted by Crippen LogP contribution is 2.16. The van der Waals surface area contributed by atoms with Crippen molar-refractivity contribution in [2.24, 2.45) is 5.73 Å². The van der Waals surface area contributed by atoms with Gasteiger partial charge in [-0.1, -0.05) is 6.08 Å². The van der Waals surface area contributed by atoms with Crippen molar-refractivity contribution in [2.75, 3.05) is 0 Å². The molecule has 3 heteroatoms. The van der Waals surface area contributed by atoms with E-state index in [4.69, 9.17) is 5.73 Å². The summed E-state index contributed by atoms with van der Waals surface area (Å²) in [5.74, 6) is -1.20. The van der Waals surface area contributed by atoms with Crippen molar-refractivity contribution in [3.8, 4) is 0 Å². The summed E-state index contributed by atoms with van der Waals surface area (Å²) in [4.78, 5) is 0. The van der Waals surface area contributed by atoms with Crippen molar-refractivity contribution in [2.45, 2.75) is 12.5 Å². The maximum Gasteiger partial charge on any atom is 0.126 e. The van der Waals surface area contributed by atoms with E-state index in [-0.39, 0.29) is 6.04 Å². The van der Waals surface area contributed by atoms with Gasteiger partial charge >= 0.3 is 0 Å². The number of hydrogen-bond donors (Lipinski definition) is 1. The minimum atomic E-state index is -0.602. The summed E-state index contributed by atoms with van der Waals surface area (Å²) < 4.78 is 25.4. The van der Waals surface area contributed by atoms with E-state index in [9.17, 15) is 8.78 Å². The minimum Gasteiger partial charge on any atom is -0.324 e. The summed E-state index contributed by atoms with van der Waals surface area (Å²) >= 11 is 0. The van der Waals surface area contributed by atoms with Gasteiger partial charge < -0.3 is 5.73 Å². The molecule has 2 N–H and O–H groups in total. The van der Waals surface area contributed by atoms with Gasteiger partial charge in [-0.2, -0.15) is 0 Å². The molecular formula is C10H11F2N. The quantitative estimate of drug-likeness (QED) is 0.716. The molecule has 13 heavy (non-hydrogen) atoms. The van der Waals surface area contributed by atoms with Crippen LogP contribution in [0, 0.1) is 11.6 Å². The van der Waals surface area contributed by atoms with Crippen LogP contribution >= 0.6 is 0 Å². The Hall–Kier alpha value is -1.22. The Morgan fingerprint density at radius 2 is 1.85 bits per heavy atom. The lowest BCUT2D eigenvalue weighted by molar-refractivity contribution is 0.573. The Morgan fingerprint density at radius 1 is 1.31 bits per heavy atom. The standard InChI is InChI=1S/C10H11F2N/c1-2-3-10(13)7-4-8(11)6-9(12)5-7/h2,4-6,10H,1,3,13H2. The zero-order valence-electron chi connectivity index (χ0n) is 7.13. The van der Waals surface area contributed by atoms with Crippen molar-refractivity contribution < 1.29 is 8.78 Å². The summed E-state index contributed by atoms with van der Waals surface area (Å²) in [6, 6.07) is 2.90. The summed E-state index contributed by atoms with van der Waals surface area (Å²) in [5, 5.41) is 0. The highest BCUT2D eigenvalue weighted by molar-refractivity contribution is 5.21. The second-order valence-electron chi connectivity index (χ2n) is 2.83. The maximum atomic E-state index is 12.7. The fourth-order valence-electron chi connectivity index (χ4n) is 1.10. The van der Waals surface area contributed by atoms with Crippen LogP contribution in [0.15, 0.2) is 30.9 Å². The van der Waals surface area contributed by atoms with Crippen molar-refractivity contribution in [3.63, 3.8) is 0 Å². The fraction of sp³-hybridized carbons (Fsp3) is 0.200. The molecule has 0 heterocycles. The van der Waals surface area contributed by atoms with Crippen LogP contribution in [0.5, 0.6) is 0 Å². The Balaban J connectivity index is 2.93. The van der Waals surface area contributed by atoms with Gasteiger partial charge in [0, 0.05) is 12.1 Å². The van der Waals surface area contributed by atoms with E-state index in [2.05, 4.69) is 6.58 Å². The first kappa shape index (κ1) is 9.86. The second kappa shape index (κ2) is 4.14. The molecule has 1 unspecified atom stereocenters. The van der Waals surface area contributed by atoms with Crippen molar-refractivity contribution in [3.05, 3.63) is 48.1 Å². The largest absolute Gasteiger partial charge is 0.324 e. The van der Waals surface area contributed by atoms with Crippen molar-refractivity contribution in [1.29, 1.82) is 0 Å². The van der Waals surface area contributed by atoms with Crippen LogP contribution in [0.25, 0.3) is 0 Å². The number of rotatable bonds is 3. The van der Waals surface area contributed by atoms with Crippen LogP contribution in [-0.4, -0.2) is 0 Å². The molecule has 70 valence electrons. The third-order valence-electron chi connectivity index (χ3n) is 1.73. The molecule has 1 nitrogen and oxygen atoms in total. The molecular weight excluding hydrogens is 172 g/mol. The SMILES string of the molecule is C=CCC(N)c1cc(F)cc(F)c1. The van der Waals surface area contributed by atoms with Gasteiger partial charge in [0.05, 0.1) is 0 Å². The molecule has 1 rings (SSSR count). The van der Waals surface area contributed by atoms with E-state index in [1.165, 1.54) is 12.1 Å². The monoisotopic (exact) mass is 183 g/mol. The van der Waals surface area contributed by atoms with Gasteiger partial charge in [0.25, 0.3) is 0 Å². The lowest BCUT2D eigenvalue weighted by Gasteiger charge is -2.09. The van der Waals surface area contributed by atoms with Crippen LogP contribution in [0.1, 0.15) is 18.0 Å². The zero-order valence-corrected chi connectivity index (χ0v) is 7.13. The Morgan fingerprint density at radius 3 is 2.31 bits per heavy atom. The molecule has 0 aliphatic carbocycles. The van der Waals surface area contributed by atoms with Crippen LogP contribution < -0.4 is 5.73 Å². The molecule has 0 radical (unpaired) electrons. The molecule has 1 aromatic rings. The Kier molecular flexibility index (Phi) is 3.14. The summed E-state index contributed by atoms with van der Waals surface area (Å²) in [6.07, 6.45) is 2.12. The number of nitrogens with two attached hydrogens (primary N) is 1. The Bertz CT molecular complexity index is 290. The van der Waals surface area contributed by atoms with Crippen LogP contribution in [0.3, 0.4) is 0 Å². The van der Waals surface area contributed by atoms with Gasteiger partial charge in [-0.15, -0.1) is 6.58 Å². The highest BCUT2D eigenvalue weighted by Gasteiger charge is 2.06. The summed E-state index contributed by atoms with van der Waals surface area (Å²) in [6.45, 7) is 3.50. The second-order valence-corrected chi connectivity index (χ2v) is 2.83. The van der Waals surface area contributed by atoms with Crippen LogP contribution in [0.4, 0.5) is 8.78 Å². The minimum absolute atomic E-state index is 0.386. The zero-order chi connectivity index (χ0) is 9.84. The van der Waals surface area contributed by atoms with Gasteiger partial charge in [0.15, 0.2) is 0 Å². The van der Waals surface area contributed by atoms with E-state index < -0.39 is 11.6 Å². The third kappa shape index (κ3) is 2.63. The predicted octanol–water partition coefficient (Wildman–Crippen LogP) is 2.54. The highest BCUT2D eigenvalue weighted by atomic mass is 19.1. The number of benzene rings is 1. The number of halogens is 2. The maximum absolute atomic E-state index is 12.7. The normalized spacial score (nSPS) is 12.5. The summed E-state index contributed by atoms with van der Waals surface area (Å²) in [5.41, 5.74) is 6.09. The van der Waals surface area contributed by atoms with Crippen molar-refractivity contribution >= 4 is 0 Å². The lowest BCUT2D eigenvalue weighted by atomic mass is 10.0. The molecule has 0 aromatic heterocycles. The van der Waals surface area contributed by atoms with Gasteiger partial charge in [0.2, 0.25) is 0 Å². The van der Waals surface area contributed by atoms with E-state index in [1.54, 1.807) is 6.08 Å². The van der Waals surface area contributed by atoms with Crippen molar-refractivity contribution in [1.82, 2.24) is 0 Å². The molecule has 0 saturated heterocycles. The first-order valence-electron chi connectivity index (χ1n) is 3.96. The average Bonchev–Trinajstić information content (AvgIpc) is 2.03. The first-order chi connectivity index (χ1) is 6.13. The van der Waals surface area contributed by atoms with E-state index in [0.717, 1.165) is 6.07 Å². The van der Waals surface area contributed by atoms with Crippen LogP contribution in [-0.2, 0) is 0 Å². The average molecular weight is 183 g/mol. The van der Waals surface area contributed by atoms with Crippen LogP contribution in [0.2, 0.25) is 0 Å². The fourth-order valence-corrected chi connectivity index (χ4v) is 1.10. The summed E-state index contributed by atoms with van der Waals surface area (Å²) in [7, 11) is 0. The topological polar surface area (TPSA) is 26.0 Å². The molecule has 0 bridgehead atoms. The molecule has 0 spiro atoms. The van der Waals surface area contributed by atoms with Gasteiger partial charge in [-0.05, 0) is 24.1 Å². The van der Waals surface area contributed by atoms with E-state index in [0.29, 0.717) is 12.0 Å². The third-order valence-corrected chi connectivity index (χ3v) is 1.73. The number of hydrogen-bond acceptors (Lipinski definition) is 1. The van der Waals surface area contributed by atoms with E-state index in [1.807, 2.05) is 0 Å². The molecule has 0 aliphatic heterocycles. The predicted molar refractivity (Wildman–Crippen MR) is 48.1 cm³/mol. The first-order valence-corrected chi connectivity index (χ1v) is 3.96. The van der Waals surface area contributed by atoms with Gasteiger partial charge in [0.1, 0.15) is 11.6 Å². The molecule has 1 aromatic carbocycles. The van der Waals surface area contributed by atoms with Gasteiger partial charge in [-0.3, -0.25) is 0 Å². The molecule has 0 aliphatic rings. The smallest absolute Gasteiger partial charge is 0.126 e. The molecule has 1 atom stereocenters.